The molecule has 0 aromatic carbocycles. The van der Waals surface area contributed by atoms with Crippen LogP contribution in [-0.2, 0) is 16.6 Å². The highest BCUT2D eigenvalue weighted by Crippen LogP contribution is 2.20. The highest BCUT2D eigenvalue weighted by molar-refractivity contribution is 14.0. The lowest BCUT2D eigenvalue weighted by Gasteiger charge is -2.03. The number of hydrogen-bond donors (Lipinski definition) is 3. The lowest BCUT2D eigenvalue weighted by atomic mass is 10.3. The van der Waals surface area contributed by atoms with Gasteiger partial charge < -0.3 is 11.1 Å². The zero-order chi connectivity index (χ0) is 13.8. The van der Waals surface area contributed by atoms with Crippen molar-refractivity contribution in [2.75, 3.05) is 6.54 Å². The SMILES string of the molecule is C=C(C)CNC(N)=NCc1ccc(S(N)(=O)=O)s1.I. The second-order valence-electron chi connectivity index (χ2n) is 3.78. The molecule has 0 aliphatic rings. The molecular formula is C10H17IN4O2S2. The van der Waals surface area contributed by atoms with E-state index in [9.17, 15) is 8.42 Å². The molecule has 0 atom stereocenters. The minimum Gasteiger partial charge on any atom is -0.370 e. The highest BCUT2D eigenvalue weighted by atomic mass is 127. The number of hydrogen-bond acceptors (Lipinski definition) is 4. The number of sulfonamides is 1. The Kier molecular flexibility index (Phi) is 7.55. The van der Waals surface area contributed by atoms with Crippen LogP contribution in [0.15, 0.2) is 33.5 Å². The van der Waals surface area contributed by atoms with Gasteiger partial charge >= 0.3 is 0 Å². The highest BCUT2D eigenvalue weighted by Gasteiger charge is 2.10. The van der Waals surface area contributed by atoms with Gasteiger partial charge in [0.1, 0.15) is 4.21 Å². The fourth-order valence-corrected chi connectivity index (χ4v) is 2.76. The molecule has 0 spiro atoms. The van der Waals surface area contributed by atoms with Crippen LogP contribution in [0.4, 0.5) is 0 Å². The standard InChI is InChI=1S/C10H16N4O2S2.HI/c1-7(2)5-13-10(11)14-6-8-3-4-9(17-8)18(12,15)16;/h3-4H,1,5-6H2,2H3,(H3,11,13,14)(H2,12,15,16);1H. The molecule has 19 heavy (non-hydrogen) atoms. The van der Waals surface area contributed by atoms with Crippen LogP contribution in [0.3, 0.4) is 0 Å². The number of nitrogens with two attached hydrogens (primary N) is 2. The molecule has 0 aliphatic heterocycles. The molecule has 1 aromatic rings. The van der Waals surface area contributed by atoms with Gasteiger partial charge in [0.15, 0.2) is 5.96 Å². The maximum Gasteiger partial charge on any atom is 0.247 e. The fraction of sp³-hybridized carbons (Fsp3) is 0.300. The molecule has 0 aliphatic carbocycles. The van der Waals surface area contributed by atoms with Crippen molar-refractivity contribution in [1.82, 2.24) is 5.32 Å². The predicted octanol–water partition coefficient (Wildman–Crippen LogP) is 0.994. The number of nitrogens with one attached hydrogen (secondary N) is 1. The largest absolute Gasteiger partial charge is 0.370 e. The molecule has 108 valence electrons. The molecule has 0 unspecified atom stereocenters. The van der Waals surface area contributed by atoms with Crippen LogP contribution < -0.4 is 16.2 Å². The van der Waals surface area contributed by atoms with E-state index in [0.717, 1.165) is 21.8 Å². The molecule has 0 radical (unpaired) electrons. The van der Waals surface area contributed by atoms with Gasteiger partial charge in [-0.05, 0) is 19.1 Å². The summed E-state index contributed by atoms with van der Waals surface area (Å²) < 4.78 is 22.3. The number of halogens is 1. The van der Waals surface area contributed by atoms with Crippen LogP contribution in [-0.4, -0.2) is 20.9 Å². The summed E-state index contributed by atoms with van der Waals surface area (Å²) in [6.07, 6.45) is 0. The molecule has 0 saturated heterocycles. The summed E-state index contributed by atoms with van der Waals surface area (Å²) in [5.74, 6) is 0.295. The van der Waals surface area contributed by atoms with Crippen molar-refractivity contribution in [3.8, 4) is 0 Å². The topological polar surface area (TPSA) is 111 Å². The smallest absolute Gasteiger partial charge is 0.247 e. The summed E-state index contributed by atoms with van der Waals surface area (Å²) in [6.45, 7) is 6.47. The zero-order valence-electron chi connectivity index (χ0n) is 10.4. The van der Waals surface area contributed by atoms with Gasteiger partial charge in [0.05, 0.1) is 6.54 Å². The third-order valence-corrected chi connectivity index (χ3v) is 4.40. The number of thiophene rings is 1. The molecule has 0 amide bonds. The van der Waals surface area contributed by atoms with Gasteiger partial charge in [0, 0.05) is 11.4 Å². The van der Waals surface area contributed by atoms with Crippen LogP contribution in [0.5, 0.6) is 0 Å². The van der Waals surface area contributed by atoms with Gasteiger partial charge in [0.25, 0.3) is 0 Å². The van der Waals surface area contributed by atoms with Crippen LogP contribution in [0.2, 0.25) is 0 Å². The Morgan fingerprint density at radius 3 is 2.63 bits per heavy atom. The minimum absolute atomic E-state index is 0. The maximum atomic E-state index is 11.1. The van der Waals surface area contributed by atoms with Gasteiger partial charge in [-0.1, -0.05) is 12.2 Å². The molecule has 0 bridgehead atoms. The zero-order valence-corrected chi connectivity index (χ0v) is 14.4. The average molecular weight is 416 g/mol. The van der Waals surface area contributed by atoms with Crippen molar-refractivity contribution in [2.45, 2.75) is 17.7 Å². The Labute approximate surface area is 134 Å². The third kappa shape index (κ3) is 6.89. The molecule has 1 heterocycles. The molecule has 1 rings (SSSR count). The lowest BCUT2D eigenvalue weighted by Crippen LogP contribution is -2.32. The molecule has 9 heteroatoms. The monoisotopic (exact) mass is 416 g/mol. The van der Waals surface area contributed by atoms with Gasteiger partial charge in [-0.3, -0.25) is 0 Å². The molecule has 0 saturated carbocycles. The normalized spacial score (nSPS) is 11.8. The Hall–Kier alpha value is -0.650. The Morgan fingerprint density at radius 2 is 2.16 bits per heavy atom. The van der Waals surface area contributed by atoms with Crippen LogP contribution >= 0.6 is 35.3 Å². The molecule has 1 aromatic heterocycles. The average Bonchev–Trinajstić information content (AvgIpc) is 2.71. The second-order valence-corrected chi connectivity index (χ2v) is 6.73. The number of guanidine groups is 1. The van der Waals surface area contributed by atoms with Crippen LogP contribution in [0.1, 0.15) is 11.8 Å². The van der Waals surface area contributed by atoms with E-state index in [1.807, 2.05) is 6.92 Å². The predicted molar refractivity (Wildman–Crippen MR) is 89.3 cm³/mol. The molecule has 5 N–H and O–H groups in total. The maximum absolute atomic E-state index is 11.1. The van der Waals surface area contributed by atoms with Crippen molar-refractivity contribution in [2.24, 2.45) is 15.9 Å². The van der Waals surface area contributed by atoms with E-state index in [0.29, 0.717) is 19.0 Å². The van der Waals surface area contributed by atoms with Crippen LogP contribution in [0, 0.1) is 0 Å². The number of primary sulfonamides is 1. The van der Waals surface area contributed by atoms with Crippen molar-refractivity contribution >= 4 is 51.3 Å². The lowest BCUT2D eigenvalue weighted by molar-refractivity contribution is 0.600. The Bertz CT molecular complexity index is 566. The summed E-state index contributed by atoms with van der Waals surface area (Å²) in [4.78, 5) is 4.86. The summed E-state index contributed by atoms with van der Waals surface area (Å²) in [6, 6.07) is 3.13. The summed E-state index contributed by atoms with van der Waals surface area (Å²) >= 11 is 1.09. The van der Waals surface area contributed by atoms with E-state index in [-0.39, 0.29) is 28.2 Å². The fourth-order valence-electron chi connectivity index (χ4n) is 1.06. The number of nitrogens with zero attached hydrogens (tertiary/aromatic N) is 1. The van der Waals surface area contributed by atoms with Gasteiger partial charge in [0.2, 0.25) is 10.0 Å². The van der Waals surface area contributed by atoms with E-state index >= 15 is 0 Å². The van der Waals surface area contributed by atoms with Gasteiger partial charge in [-0.25, -0.2) is 18.5 Å². The van der Waals surface area contributed by atoms with E-state index in [4.69, 9.17) is 10.9 Å². The first-order valence-corrected chi connectivity index (χ1v) is 7.45. The van der Waals surface area contributed by atoms with Crippen molar-refractivity contribution in [3.05, 3.63) is 29.2 Å². The van der Waals surface area contributed by atoms with E-state index in [1.54, 1.807) is 6.07 Å². The minimum atomic E-state index is -3.63. The summed E-state index contributed by atoms with van der Waals surface area (Å²) in [5.41, 5.74) is 6.57. The van der Waals surface area contributed by atoms with Gasteiger partial charge in [-0.2, -0.15) is 0 Å². The quantitative estimate of drug-likeness (QED) is 0.288. The number of aliphatic imine (C=N–C) groups is 1. The molecule has 0 fully saturated rings. The van der Waals surface area contributed by atoms with Gasteiger partial charge in [-0.15, -0.1) is 35.3 Å². The van der Waals surface area contributed by atoms with Crippen LogP contribution in [0.25, 0.3) is 0 Å². The Balaban J connectivity index is 0.00000324. The van der Waals surface area contributed by atoms with Crippen molar-refractivity contribution < 1.29 is 8.42 Å². The first kappa shape index (κ1) is 18.4. The van der Waals surface area contributed by atoms with E-state index in [1.165, 1.54) is 6.07 Å². The molecular weight excluding hydrogens is 399 g/mol. The van der Waals surface area contributed by atoms with Crippen molar-refractivity contribution in [3.63, 3.8) is 0 Å². The number of rotatable bonds is 5. The van der Waals surface area contributed by atoms with Crippen molar-refractivity contribution in [1.29, 1.82) is 0 Å². The first-order valence-electron chi connectivity index (χ1n) is 5.08. The van der Waals surface area contributed by atoms with E-state index < -0.39 is 10.0 Å². The first-order chi connectivity index (χ1) is 8.29. The second kappa shape index (κ2) is 7.82. The Morgan fingerprint density at radius 1 is 1.53 bits per heavy atom. The van der Waals surface area contributed by atoms with E-state index in [2.05, 4.69) is 16.9 Å². The summed E-state index contributed by atoms with van der Waals surface area (Å²) in [5, 5.41) is 7.89. The third-order valence-electron chi connectivity index (χ3n) is 1.89. The molecule has 6 nitrogen and oxygen atoms in total. The summed E-state index contributed by atoms with van der Waals surface area (Å²) in [7, 11) is -3.63.